The number of alkyl halides is 3. The molecular weight excluding hydrogens is 255 g/mol. The molecule has 6 heteroatoms. The summed E-state index contributed by atoms with van der Waals surface area (Å²) in [5.74, 6) is 0. The van der Waals surface area contributed by atoms with E-state index in [-0.39, 0.29) is 17.2 Å². The van der Waals surface area contributed by atoms with Gasteiger partial charge >= 0.3 is 6.18 Å². The van der Waals surface area contributed by atoms with E-state index in [0.29, 0.717) is 12.0 Å². The van der Waals surface area contributed by atoms with Gasteiger partial charge in [-0.2, -0.15) is 13.2 Å². The van der Waals surface area contributed by atoms with Crippen molar-refractivity contribution in [2.24, 2.45) is 5.41 Å². The summed E-state index contributed by atoms with van der Waals surface area (Å²) in [6.45, 7) is -0.0282. The molecule has 2 nitrogen and oxygen atoms in total. The summed E-state index contributed by atoms with van der Waals surface area (Å²) < 4.78 is 37.5. The fraction of sp³-hybridized carbons (Fsp3) is 0.545. The van der Waals surface area contributed by atoms with Crippen molar-refractivity contribution in [3.63, 3.8) is 0 Å². The number of rotatable bonds is 3. The molecule has 1 aromatic rings. The Morgan fingerprint density at radius 1 is 1.41 bits per heavy atom. The highest BCUT2D eigenvalue weighted by Gasteiger charge is 2.43. The van der Waals surface area contributed by atoms with Crippen molar-refractivity contribution in [3.05, 3.63) is 28.5 Å². The van der Waals surface area contributed by atoms with Gasteiger partial charge in [-0.1, -0.05) is 11.6 Å². The molecule has 1 aromatic heterocycles. The number of aliphatic hydroxyl groups excluding tert-OH is 1. The van der Waals surface area contributed by atoms with Crippen molar-refractivity contribution in [2.45, 2.75) is 25.4 Å². The molecule has 0 unspecified atom stereocenters. The van der Waals surface area contributed by atoms with Crippen LogP contribution in [0.15, 0.2) is 12.3 Å². The van der Waals surface area contributed by atoms with Crippen molar-refractivity contribution in [2.75, 3.05) is 6.61 Å². The van der Waals surface area contributed by atoms with Crippen molar-refractivity contribution in [1.29, 1.82) is 0 Å². The molecule has 1 heterocycles. The van der Waals surface area contributed by atoms with Crippen LogP contribution in [-0.4, -0.2) is 16.7 Å². The first-order chi connectivity index (χ1) is 7.86. The lowest BCUT2D eigenvalue weighted by molar-refractivity contribution is -0.137. The van der Waals surface area contributed by atoms with Gasteiger partial charge in [0.15, 0.2) is 0 Å². The maximum Gasteiger partial charge on any atom is 0.417 e. The van der Waals surface area contributed by atoms with Crippen LogP contribution in [-0.2, 0) is 12.6 Å². The molecular formula is C11H11ClF3NO. The second kappa shape index (κ2) is 4.14. The molecule has 2 rings (SSSR count). The zero-order valence-corrected chi connectivity index (χ0v) is 9.65. The molecule has 1 aliphatic carbocycles. The highest BCUT2D eigenvalue weighted by atomic mass is 35.5. The minimum absolute atomic E-state index is 0.0282. The number of aromatic nitrogens is 1. The standard InChI is InChI=1S/C11H11ClF3NO/c12-9-7(4-10(6-17)1-2-10)3-8(5-16-9)11(13,14)15/h3,5,17H,1-2,4,6H2. The maximum atomic E-state index is 12.5. The maximum absolute atomic E-state index is 12.5. The lowest BCUT2D eigenvalue weighted by Crippen LogP contribution is -2.13. The third kappa shape index (κ3) is 2.72. The normalized spacial score (nSPS) is 18.2. The number of hydrogen-bond acceptors (Lipinski definition) is 2. The first kappa shape index (κ1) is 12.6. The first-order valence-corrected chi connectivity index (χ1v) is 5.57. The van der Waals surface area contributed by atoms with Gasteiger partial charge in [-0.15, -0.1) is 0 Å². The summed E-state index contributed by atoms with van der Waals surface area (Å²) in [5.41, 5.74) is -0.728. The van der Waals surface area contributed by atoms with Crippen LogP contribution in [0, 0.1) is 5.41 Å². The minimum atomic E-state index is -4.41. The van der Waals surface area contributed by atoms with Crippen LogP contribution in [0.4, 0.5) is 13.2 Å². The Morgan fingerprint density at radius 3 is 2.53 bits per heavy atom. The quantitative estimate of drug-likeness (QED) is 0.852. The van der Waals surface area contributed by atoms with E-state index in [2.05, 4.69) is 4.98 Å². The molecule has 1 aliphatic rings. The van der Waals surface area contributed by atoms with E-state index in [1.807, 2.05) is 0 Å². The van der Waals surface area contributed by atoms with E-state index in [1.54, 1.807) is 0 Å². The van der Waals surface area contributed by atoms with Crippen LogP contribution >= 0.6 is 11.6 Å². The topological polar surface area (TPSA) is 33.1 Å². The third-order valence-electron chi connectivity index (χ3n) is 3.10. The van der Waals surface area contributed by atoms with E-state index in [4.69, 9.17) is 16.7 Å². The van der Waals surface area contributed by atoms with E-state index in [1.165, 1.54) is 0 Å². The zero-order chi connectivity index (χ0) is 12.7. The Bertz CT molecular complexity index is 429. The van der Waals surface area contributed by atoms with Gasteiger partial charge in [0, 0.05) is 12.8 Å². The van der Waals surface area contributed by atoms with E-state index in [9.17, 15) is 13.2 Å². The first-order valence-electron chi connectivity index (χ1n) is 5.19. The third-order valence-corrected chi connectivity index (χ3v) is 3.44. The number of halogens is 4. The van der Waals surface area contributed by atoms with Gasteiger partial charge in [-0.3, -0.25) is 0 Å². The van der Waals surface area contributed by atoms with Gasteiger partial charge in [-0.05, 0) is 36.3 Å². The second-order valence-corrected chi connectivity index (χ2v) is 4.86. The van der Waals surface area contributed by atoms with Crippen molar-refractivity contribution in [3.8, 4) is 0 Å². The summed E-state index contributed by atoms with van der Waals surface area (Å²) >= 11 is 5.78. The fourth-order valence-corrected chi connectivity index (χ4v) is 1.91. The molecule has 94 valence electrons. The fourth-order valence-electron chi connectivity index (χ4n) is 1.74. The summed E-state index contributed by atoms with van der Waals surface area (Å²) in [7, 11) is 0. The molecule has 0 aliphatic heterocycles. The molecule has 0 radical (unpaired) electrons. The Balaban J connectivity index is 2.27. The van der Waals surface area contributed by atoms with Crippen LogP contribution in [0.25, 0.3) is 0 Å². The average Bonchev–Trinajstić information content (AvgIpc) is 3.00. The average molecular weight is 266 g/mol. The van der Waals surface area contributed by atoms with Crippen molar-refractivity contribution >= 4 is 11.6 Å². The van der Waals surface area contributed by atoms with Crippen LogP contribution in [0.2, 0.25) is 5.15 Å². The molecule has 17 heavy (non-hydrogen) atoms. The number of pyridine rings is 1. The smallest absolute Gasteiger partial charge is 0.396 e. The molecule has 0 amide bonds. The van der Waals surface area contributed by atoms with Crippen LogP contribution in [0.3, 0.4) is 0 Å². The van der Waals surface area contributed by atoms with Gasteiger partial charge in [0.05, 0.1) is 5.56 Å². The Hall–Kier alpha value is -0.810. The van der Waals surface area contributed by atoms with Crippen molar-refractivity contribution in [1.82, 2.24) is 4.98 Å². The SMILES string of the molecule is OCC1(Cc2cc(C(F)(F)F)cnc2Cl)CC1. The number of aliphatic hydroxyl groups is 1. The largest absolute Gasteiger partial charge is 0.417 e. The van der Waals surface area contributed by atoms with Crippen molar-refractivity contribution < 1.29 is 18.3 Å². The van der Waals surface area contributed by atoms with E-state index >= 15 is 0 Å². The van der Waals surface area contributed by atoms with Crippen LogP contribution < -0.4 is 0 Å². The molecule has 1 saturated carbocycles. The van der Waals surface area contributed by atoms with Gasteiger partial charge < -0.3 is 5.11 Å². The monoisotopic (exact) mass is 265 g/mol. The molecule has 1 fully saturated rings. The molecule has 0 aromatic carbocycles. The molecule has 0 atom stereocenters. The predicted octanol–water partition coefficient (Wildman–Crippen LogP) is 3.07. The molecule has 0 spiro atoms. The van der Waals surface area contributed by atoms with Gasteiger partial charge in [-0.25, -0.2) is 4.98 Å². The number of hydrogen-bond donors (Lipinski definition) is 1. The summed E-state index contributed by atoms with van der Waals surface area (Å²) in [6, 6.07) is 1.02. The lowest BCUT2D eigenvalue weighted by atomic mass is 9.98. The Labute approximate surface area is 101 Å². The molecule has 0 bridgehead atoms. The summed E-state index contributed by atoms with van der Waals surface area (Å²) in [6.07, 6.45) is -1.71. The second-order valence-electron chi connectivity index (χ2n) is 4.51. The lowest BCUT2D eigenvalue weighted by Gasteiger charge is -2.14. The van der Waals surface area contributed by atoms with Crippen LogP contribution in [0.5, 0.6) is 0 Å². The summed E-state index contributed by atoms with van der Waals surface area (Å²) in [4.78, 5) is 3.56. The zero-order valence-electron chi connectivity index (χ0n) is 8.89. The number of nitrogens with zero attached hydrogens (tertiary/aromatic N) is 1. The predicted molar refractivity (Wildman–Crippen MR) is 56.7 cm³/mol. The van der Waals surface area contributed by atoms with E-state index in [0.717, 1.165) is 25.1 Å². The van der Waals surface area contributed by atoms with Gasteiger partial charge in [0.1, 0.15) is 5.15 Å². The molecule has 1 N–H and O–H groups in total. The summed E-state index contributed by atoms with van der Waals surface area (Å²) in [5, 5.41) is 9.23. The van der Waals surface area contributed by atoms with Gasteiger partial charge in [0.25, 0.3) is 0 Å². The Morgan fingerprint density at radius 2 is 2.06 bits per heavy atom. The highest BCUT2D eigenvalue weighted by Crippen LogP contribution is 2.48. The highest BCUT2D eigenvalue weighted by molar-refractivity contribution is 6.30. The van der Waals surface area contributed by atoms with Crippen LogP contribution in [0.1, 0.15) is 24.0 Å². The minimum Gasteiger partial charge on any atom is -0.396 e. The van der Waals surface area contributed by atoms with Gasteiger partial charge in [0.2, 0.25) is 0 Å². The Kier molecular flexibility index (Phi) is 3.08. The molecule has 0 saturated heterocycles. The van der Waals surface area contributed by atoms with E-state index < -0.39 is 11.7 Å².